The van der Waals surface area contributed by atoms with Crippen molar-refractivity contribution < 1.29 is 4.57 Å². The first kappa shape index (κ1) is 19.6. The highest BCUT2D eigenvalue weighted by Gasteiger charge is 2.43. The Morgan fingerprint density at radius 3 is 1.41 bits per heavy atom. The lowest BCUT2D eigenvalue weighted by Gasteiger charge is -2.40. The van der Waals surface area contributed by atoms with Crippen LogP contribution in [0.1, 0.15) is 31.9 Å². The Morgan fingerprint density at radius 1 is 0.667 bits per heavy atom. The third kappa shape index (κ3) is 4.40. The van der Waals surface area contributed by atoms with E-state index in [2.05, 4.69) is 49.7 Å². The number of hydrogen-bond acceptors (Lipinski definition) is 1. The molecule has 0 aliphatic carbocycles. The second-order valence-electron chi connectivity index (χ2n) is 7.88. The smallest absolute Gasteiger partial charge is 0.184 e. The Balaban J connectivity index is 2.09. The highest BCUT2D eigenvalue weighted by atomic mass is 31.2. The molecule has 0 radical (unpaired) electrons. The molecule has 1 atom stereocenters. The first-order valence-corrected chi connectivity index (χ1v) is 11.1. The van der Waals surface area contributed by atoms with E-state index in [1.807, 2.05) is 66.7 Å². The van der Waals surface area contributed by atoms with Gasteiger partial charge in [-0.3, -0.25) is 0 Å². The van der Waals surface area contributed by atoms with Crippen molar-refractivity contribution in [3.8, 4) is 0 Å². The van der Waals surface area contributed by atoms with Crippen LogP contribution in [0.25, 0.3) is 0 Å². The van der Waals surface area contributed by atoms with Crippen LogP contribution in [0.4, 0.5) is 0 Å². The van der Waals surface area contributed by atoms with Crippen LogP contribution in [0.5, 0.6) is 0 Å². The zero-order valence-electron chi connectivity index (χ0n) is 16.4. The molecule has 0 amide bonds. The van der Waals surface area contributed by atoms with E-state index in [1.165, 1.54) is 11.1 Å². The molecule has 2 nitrogen and oxygen atoms in total. The van der Waals surface area contributed by atoms with Gasteiger partial charge in [-0.05, 0) is 11.1 Å². The number of nitrogens with zero attached hydrogens (tertiary/aromatic N) is 1. The van der Waals surface area contributed by atoms with Crippen LogP contribution < -0.4 is 5.30 Å². The van der Waals surface area contributed by atoms with Crippen LogP contribution in [-0.2, 0) is 17.7 Å². The standard InChI is InChI=1S/C24H28NOP/c1-24(2,3)27(26,23-17-11-6-12-18-23)25(19-21-13-7-4-8-14-21)20-22-15-9-5-10-16-22/h4-18H,19-20H2,1-3H3/t27-/m1/s1. The van der Waals surface area contributed by atoms with E-state index in [4.69, 9.17) is 0 Å². The molecular formula is C24H28NOP. The molecule has 3 rings (SSSR count). The van der Waals surface area contributed by atoms with Crippen molar-refractivity contribution in [1.29, 1.82) is 0 Å². The highest BCUT2D eigenvalue weighted by molar-refractivity contribution is 7.70. The van der Waals surface area contributed by atoms with E-state index >= 15 is 0 Å². The van der Waals surface area contributed by atoms with E-state index < -0.39 is 7.29 Å². The minimum absolute atomic E-state index is 0.377. The summed E-state index contributed by atoms with van der Waals surface area (Å²) in [6, 6.07) is 30.6. The minimum atomic E-state index is -2.86. The zero-order chi connectivity index (χ0) is 19.3. The van der Waals surface area contributed by atoms with Crippen molar-refractivity contribution >= 4 is 12.6 Å². The summed E-state index contributed by atoms with van der Waals surface area (Å²) in [5, 5.41) is 0.544. The number of benzene rings is 3. The van der Waals surface area contributed by atoms with Crippen LogP contribution in [0.15, 0.2) is 91.0 Å². The van der Waals surface area contributed by atoms with Crippen molar-refractivity contribution in [2.75, 3.05) is 0 Å². The maximum absolute atomic E-state index is 14.7. The fourth-order valence-electron chi connectivity index (χ4n) is 3.45. The van der Waals surface area contributed by atoms with Gasteiger partial charge in [0.25, 0.3) is 0 Å². The molecule has 0 aliphatic heterocycles. The van der Waals surface area contributed by atoms with E-state index in [-0.39, 0.29) is 5.16 Å². The van der Waals surface area contributed by atoms with Crippen molar-refractivity contribution in [2.24, 2.45) is 0 Å². The lowest BCUT2D eigenvalue weighted by Crippen LogP contribution is -2.35. The lowest BCUT2D eigenvalue weighted by atomic mass is 10.2. The third-order valence-corrected chi connectivity index (χ3v) is 8.73. The molecule has 3 heteroatoms. The summed E-state index contributed by atoms with van der Waals surface area (Å²) in [5.41, 5.74) is 2.35. The van der Waals surface area contributed by atoms with Gasteiger partial charge >= 0.3 is 0 Å². The average Bonchev–Trinajstić information content (AvgIpc) is 2.68. The van der Waals surface area contributed by atoms with Gasteiger partial charge in [0.2, 0.25) is 0 Å². The second-order valence-corrected chi connectivity index (χ2v) is 11.5. The van der Waals surface area contributed by atoms with Crippen molar-refractivity contribution in [3.05, 3.63) is 102 Å². The van der Waals surface area contributed by atoms with Gasteiger partial charge in [0, 0.05) is 23.6 Å². The molecule has 3 aromatic rings. The Morgan fingerprint density at radius 2 is 1.04 bits per heavy atom. The molecule has 0 fully saturated rings. The predicted octanol–water partition coefficient (Wildman–Crippen LogP) is 6.09. The van der Waals surface area contributed by atoms with Crippen LogP contribution in [0.3, 0.4) is 0 Å². The van der Waals surface area contributed by atoms with Gasteiger partial charge in [0.05, 0.1) is 0 Å². The van der Waals surface area contributed by atoms with Gasteiger partial charge in [0.15, 0.2) is 7.29 Å². The first-order valence-electron chi connectivity index (χ1n) is 9.40. The average molecular weight is 377 g/mol. The minimum Gasteiger partial charge on any atom is -0.301 e. The van der Waals surface area contributed by atoms with Crippen LogP contribution in [0.2, 0.25) is 0 Å². The molecule has 0 saturated carbocycles. The third-order valence-electron chi connectivity index (χ3n) is 4.83. The summed E-state index contributed by atoms with van der Waals surface area (Å²) in [5.74, 6) is 0. The van der Waals surface area contributed by atoms with E-state index in [1.54, 1.807) is 0 Å². The molecule has 0 N–H and O–H groups in total. The molecule has 0 unspecified atom stereocenters. The molecule has 27 heavy (non-hydrogen) atoms. The Labute approximate surface area is 163 Å². The molecule has 3 aromatic carbocycles. The summed E-state index contributed by atoms with van der Waals surface area (Å²) in [6.45, 7) is 7.57. The molecular weight excluding hydrogens is 349 g/mol. The molecule has 0 spiro atoms. The summed E-state index contributed by atoms with van der Waals surface area (Å²) in [4.78, 5) is 0. The summed E-state index contributed by atoms with van der Waals surface area (Å²) < 4.78 is 16.9. The fraction of sp³-hybridized carbons (Fsp3) is 0.250. The lowest BCUT2D eigenvalue weighted by molar-refractivity contribution is 0.388. The largest absolute Gasteiger partial charge is 0.301 e. The Kier molecular flexibility index (Phi) is 5.99. The quantitative estimate of drug-likeness (QED) is 0.484. The van der Waals surface area contributed by atoms with E-state index in [9.17, 15) is 4.57 Å². The van der Waals surface area contributed by atoms with Crippen LogP contribution in [0, 0.1) is 0 Å². The highest BCUT2D eigenvalue weighted by Crippen LogP contribution is 2.60. The van der Waals surface area contributed by atoms with Crippen molar-refractivity contribution in [1.82, 2.24) is 4.67 Å². The van der Waals surface area contributed by atoms with Gasteiger partial charge in [-0.1, -0.05) is 112 Å². The summed E-state index contributed by atoms with van der Waals surface area (Å²) in [7, 11) is -2.86. The van der Waals surface area contributed by atoms with Crippen molar-refractivity contribution in [3.63, 3.8) is 0 Å². The molecule has 0 heterocycles. The zero-order valence-corrected chi connectivity index (χ0v) is 17.3. The second kappa shape index (κ2) is 8.25. The van der Waals surface area contributed by atoms with Crippen molar-refractivity contribution in [2.45, 2.75) is 39.0 Å². The summed E-state index contributed by atoms with van der Waals surface area (Å²) >= 11 is 0. The fourth-order valence-corrected chi connectivity index (χ4v) is 6.70. The maximum Gasteiger partial charge on any atom is 0.184 e. The monoisotopic (exact) mass is 377 g/mol. The van der Waals surface area contributed by atoms with Gasteiger partial charge < -0.3 is 4.57 Å². The van der Waals surface area contributed by atoms with Gasteiger partial charge in [-0.2, -0.15) is 0 Å². The van der Waals surface area contributed by atoms with Gasteiger partial charge in [-0.25, -0.2) is 4.67 Å². The summed E-state index contributed by atoms with van der Waals surface area (Å²) in [6.07, 6.45) is 0. The predicted molar refractivity (Wildman–Crippen MR) is 116 cm³/mol. The molecule has 0 aromatic heterocycles. The van der Waals surface area contributed by atoms with E-state index in [0.29, 0.717) is 13.1 Å². The number of rotatable bonds is 6. The Hall–Kier alpha value is -2.15. The molecule has 140 valence electrons. The van der Waals surface area contributed by atoms with Gasteiger partial charge in [0.1, 0.15) is 0 Å². The normalized spacial score (nSPS) is 14.1. The SMILES string of the molecule is CC(C)(C)[P@](=O)(c1ccccc1)N(Cc1ccccc1)Cc1ccccc1. The van der Waals surface area contributed by atoms with Crippen LogP contribution >= 0.6 is 7.29 Å². The Bertz CT molecular complexity index is 844. The topological polar surface area (TPSA) is 20.3 Å². The molecule has 0 saturated heterocycles. The molecule has 0 bridgehead atoms. The maximum atomic E-state index is 14.7. The van der Waals surface area contributed by atoms with E-state index in [0.717, 1.165) is 5.30 Å². The first-order chi connectivity index (χ1) is 12.9. The number of hydrogen-bond donors (Lipinski definition) is 0. The van der Waals surface area contributed by atoms with Crippen LogP contribution in [-0.4, -0.2) is 9.83 Å². The van der Waals surface area contributed by atoms with Gasteiger partial charge in [-0.15, -0.1) is 0 Å². The molecule has 0 aliphatic rings.